The summed E-state index contributed by atoms with van der Waals surface area (Å²) in [6.45, 7) is 6.39. The molecule has 0 aromatic heterocycles. The quantitative estimate of drug-likeness (QED) is 0.883. The summed E-state index contributed by atoms with van der Waals surface area (Å²) < 4.78 is 5.58. The van der Waals surface area contributed by atoms with Crippen molar-refractivity contribution in [3.05, 3.63) is 54.1 Å². The highest BCUT2D eigenvalue weighted by Gasteiger charge is 2.21. The van der Waals surface area contributed by atoms with Crippen LogP contribution in [0.15, 0.2) is 48.5 Å². The fourth-order valence-corrected chi connectivity index (χ4v) is 3.16. The fraction of sp³-hybridized carbons (Fsp3) is 0.333. The Labute approximate surface area is 159 Å². The zero-order chi connectivity index (χ0) is 19.2. The van der Waals surface area contributed by atoms with Crippen molar-refractivity contribution < 1.29 is 14.3 Å². The molecule has 2 amide bonds. The molecule has 0 spiro atoms. The van der Waals surface area contributed by atoms with Crippen LogP contribution in [-0.4, -0.2) is 49.5 Å². The van der Waals surface area contributed by atoms with Crippen LogP contribution in [0.1, 0.15) is 12.5 Å². The molecule has 0 bridgehead atoms. The van der Waals surface area contributed by atoms with E-state index in [1.54, 1.807) is 6.92 Å². The summed E-state index contributed by atoms with van der Waals surface area (Å²) in [7, 11) is 0. The third-order valence-electron chi connectivity index (χ3n) is 4.60. The maximum atomic E-state index is 12.3. The van der Waals surface area contributed by atoms with E-state index in [0.717, 1.165) is 30.0 Å². The third-order valence-corrected chi connectivity index (χ3v) is 4.60. The second kappa shape index (κ2) is 8.58. The van der Waals surface area contributed by atoms with Gasteiger partial charge in [0.2, 0.25) is 5.91 Å². The minimum atomic E-state index is -0.202. The Balaban J connectivity index is 1.60. The number of hydrogen-bond donors (Lipinski definition) is 1. The van der Waals surface area contributed by atoms with Crippen molar-refractivity contribution in [3.63, 3.8) is 0 Å². The van der Waals surface area contributed by atoms with Crippen LogP contribution < -0.4 is 15.0 Å². The highest BCUT2D eigenvalue weighted by atomic mass is 16.5. The van der Waals surface area contributed by atoms with Gasteiger partial charge in [-0.25, -0.2) is 0 Å². The van der Waals surface area contributed by atoms with Gasteiger partial charge < -0.3 is 19.9 Å². The number of hydrogen-bond acceptors (Lipinski definition) is 4. The predicted octanol–water partition coefficient (Wildman–Crippen LogP) is 2.68. The lowest BCUT2D eigenvalue weighted by Crippen LogP contribution is -2.48. The number of piperazine rings is 1. The predicted molar refractivity (Wildman–Crippen MR) is 106 cm³/mol. The third kappa shape index (κ3) is 5.00. The topological polar surface area (TPSA) is 61.9 Å². The fourth-order valence-electron chi connectivity index (χ4n) is 3.16. The summed E-state index contributed by atoms with van der Waals surface area (Å²) >= 11 is 0. The first-order valence-electron chi connectivity index (χ1n) is 9.12. The Morgan fingerprint density at radius 2 is 1.78 bits per heavy atom. The molecular formula is C21H25N3O3. The maximum absolute atomic E-state index is 12.3. The number of carbonyl (C=O) groups is 2. The first-order valence-corrected chi connectivity index (χ1v) is 9.12. The Morgan fingerprint density at radius 1 is 1.04 bits per heavy atom. The first kappa shape index (κ1) is 18.8. The van der Waals surface area contributed by atoms with Crippen LogP contribution in [-0.2, 0) is 9.59 Å². The Hall–Kier alpha value is -3.02. The van der Waals surface area contributed by atoms with E-state index in [9.17, 15) is 9.59 Å². The number of para-hydroxylation sites is 2. The van der Waals surface area contributed by atoms with E-state index in [1.165, 1.54) is 0 Å². The van der Waals surface area contributed by atoms with Crippen LogP contribution in [0.5, 0.6) is 5.75 Å². The molecule has 1 fully saturated rings. The van der Waals surface area contributed by atoms with Gasteiger partial charge in [0.05, 0.1) is 11.4 Å². The molecule has 6 heteroatoms. The van der Waals surface area contributed by atoms with Crippen molar-refractivity contribution in [2.45, 2.75) is 13.8 Å². The largest absolute Gasteiger partial charge is 0.484 e. The van der Waals surface area contributed by atoms with Crippen LogP contribution in [0.2, 0.25) is 0 Å². The summed E-state index contributed by atoms with van der Waals surface area (Å²) in [5, 5.41) is 2.94. The van der Waals surface area contributed by atoms with Crippen LogP contribution in [0.4, 0.5) is 11.4 Å². The van der Waals surface area contributed by atoms with Gasteiger partial charge in [0.1, 0.15) is 5.75 Å². The standard InChI is InChI=1S/C21H25N3O3/c1-16-6-5-7-18(14-16)27-15-21(26)22-19-8-3-4-9-20(19)24-12-10-23(11-13-24)17(2)25/h3-9,14H,10-13,15H2,1-2H3,(H,22,26). The normalized spacial score (nSPS) is 14.0. The lowest BCUT2D eigenvalue weighted by atomic mass is 10.2. The van der Waals surface area contributed by atoms with Gasteiger partial charge in [0, 0.05) is 33.1 Å². The molecule has 2 aromatic carbocycles. The smallest absolute Gasteiger partial charge is 0.262 e. The monoisotopic (exact) mass is 367 g/mol. The second-order valence-electron chi connectivity index (χ2n) is 6.66. The van der Waals surface area contributed by atoms with E-state index in [1.807, 2.05) is 60.4 Å². The average Bonchev–Trinajstić information content (AvgIpc) is 2.67. The van der Waals surface area contributed by atoms with Crippen LogP contribution in [0, 0.1) is 6.92 Å². The SMILES string of the molecule is CC(=O)N1CCN(c2ccccc2NC(=O)COc2cccc(C)c2)CC1. The number of anilines is 2. The minimum Gasteiger partial charge on any atom is -0.484 e. The highest BCUT2D eigenvalue weighted by molar-refractivity contribution is 5.95. The van der Waals surface area contributed by atoms with Crippen molar-refractivity contribution in [3.8, 4) is 5.75 Å². The first-order chi connectivity index (χ1) is 13.0. The van der Waals surface area contributed by atoms with Crippen molar-refractivity contribution in [1.82, 2.24) is 4.90 Å². The summed E-state index contributed by atoms with van der Waals surface area (Å²) in [6, 6.07) is 15.3. The lowest BCUT2D eigenvalue weighted by molar-refractivity contribution is -0.129. The molecule has 0 unspecified atom stereocenters. The van der Waals surface area contributed by atoms with Crippen molar-refractivity contribution >= 4 is 23.2 Å². The molecule has 2 aromatic rings. The average molecular weight is 367 g/mol. The lowest BCUT2D eigenvalue weighted by Gasteiger charge is -2.36. The maximum Gasteiger partial charge on any atom is 0.262 e. The second-order valence-corrected chi connectivity index (χ2v) is 6.66. The zero-order valence-corrected chi connectivity index (χ0v) is 15.8. The van der Waals surface area contributed by atoms with Crippen molar-refractivity contribution in [2.24, 2.45) is 0 Å². The minimum absolute atomic E-state index is 0.0457. The molecule has 1 aliphatic heterocycles. The van der Waals surface area contributed by atoms with Gasteiger partial charge in [-0.3, -0.25) is 9.59 Å². The number of rotatable bonds is 5. The molecule has 0 saturated carbocycles. The number of amides is 2. The van der Waals surface area contributed by atoms with Gasteiger partial charge in [-0.1, -0.05) is 24.3 Å². The van der Waals surface area contributed by atoms with E-state index in [0.29, 0.717) is 18.8 Å². The van der Waals surface area contributed by atoms with E-state index in [-0.39, 0.29) is 18.4 Å². The van der Waals surface area contributed by atoms with E-state index < -0.39 is 0 Å². The Morgan fingerprint density at radius 3 is 2.48 bits per heavy atom. The van der Waals surface area contributed by atoms with Crippen molar-refractivity contribution in [1.29, 1.82) is 0 Å². The number of benzene rings is 2. The van der Waals surface area contributed by atoms with Crippen LogP contribution in [0.25, 0.3) is 0 Å². The van der Waals surface area contributed by atoms with Gasteiger partial charge in [0.25, 0.3) is 5.91 Å². The summed E-state index contributed by atoms with van der Waals surface area (Å²) in [6.07, 6.45) is 0. The number of carbonyl (C=O) groups excluding carboxylic acids is 2. The molecule has 1 aliphatic rings. The van der Waals surface area contributed by atoms with Gasteiger partial charge in [-0.15, -0.1) is 0 Å². The summed E-state index contributed by atoms with van der Waals surface area (Å²) in [4.78, 5) is 27.9. The van der Waals surface area contributed by atoms with E-state index >= 15 is 0 Å². The molecule has 0 atom stereocenters. The summed E-state index contributed by atoms with van der Waals surface area (Å²) in [5.74, 6) is 0.578. The van der Waals surface area contributed by atoms with Gasteiger partial charge in [-0.2, -0.15) is 0 Å². The number of ether oxygens (including phenoxy) is 1. The Kier molecular flexibility index (Phi) is 5.96. The highest BCUT2D eigenvalue weighted by Crippen LogP contribution is 2.26. The molecule has 27 heavy (non-hydrogen) atoms. The van der Waals surface area contributed by atoms with Gasteiger partial charge >= 0.3 is 0 Å². The van der Waals surface area contributed by atoms with E-state index in [4.69, 9.17) is 4.74 Å². The molecule has 1 N–H and O–H groups in total. The number of aryl methyl sites for hydroxylation is 1. The Bertz CT molecular complexity index is 814. The molecule has 0 radical (unpaired) electrons. The molecule has 6 nitrogen and oxygen atoms in total. The molecule has 3 rings (SSSR count). The molecule has 1 saturated heterocycles. The molecule has 0 aliphatic carbocycles. The molecule has 142 valence electrons. The van der Waals surface area contributed by atoms with Gasteiger partial charge in [-0.05, 0) is 36.8 Å². The molecule has 1 heterocycles. The van der Waals surface area contributed by atoms with Crippen molar-refractivity contribution in [2.75, 3.05) is 43.0 Å². The van der Waals surface area contributed by atoms with Crippen LogP contribution >= 0.6 is 0 Å². The molecular weight excluding hydrogens is 342 g/mol. The number of nitrogens with zero attached hydrogens (tertiary/aromatic N) is 2. The number of nitrogens with one attached hydrogen (secondary N) is 1. The zero-order valence-electron chi connectivity index (χ0n) is 15.8. The van der Waals surface area contributed by atoms with E-state index in [2.05, 4.69) is 10.2 Å². The van der Waals surface area contributed by atoms with Gasteiger partial charge in [0.15, 0.2) is 6.61 Å². The summed E-state index contributed by atoms with van der Waals surface area (Å²) in [5.41, 5.74) is 2.80. The van der Waals surface area contributed by atoms with Crippen LogP contribution in [0.3, 0.4) is 0 Å².